The van der Waals surface area contributed by atoms with E-state index in [1.54, 1.807) is 30.3 Å². The van der Waals surface area contributed by atoms with Crippen molar-refractivity contribution in [2.75, 3.05) is 18.1 Å². The molecule has 0 spiro atoms. The molecule has 1 N–H and O–H groups in total. The third-order valence-corrected chi connectivity index (χ3v) is 3.17. The molecular formula is C14H17F2NO2S. The van der Waals surface area contributed by atoms with E-state index in [9.17, 15) is 13.6 Å². The van der Waals surface area contributed by atoms with E-state index in [1.165, 1.54) is 11.8 Å². The third kappa shape index (κ3) is 7.13. The van der Waals surface area contributed by atoms with E-state index in [0.717, 1.165) is 11.3 Å². The molecule has 3 nitrogen and oxygen atoms in total. The molecule has 1 rings (SSSR count). The van der Waals surface area contributed by atoms with Gasteiger partial charge in [-0.15, -0.1) is 18.3 Å². The minimum Gasteiger partial charge on any atom is -0.488 e. The summed E-state index contributed by atoms with van der Waals surface area (Å²) in [6.07, 6.45) is -0.762. The van der Waals surface area contributed by atoms with Gasteiger partial charge in [-0.1, -0.05) is 18.2 Å². The second-order valence-electron chi connectivity index (χ2n) is 3.93. The van der Waals surface area contributed by atoms with Gasteiger partial charge in [0.05, 0.1) is 5.75 Å². The molecule has 0 saturated carbocycles. The molecule has 1 aromatic rings. The van der Waals surface area contributed by atoms with Crippen molar-refractivity contribution in [2.45, 2.75) is 13.0 Å². The summed E-state index contributed by atoms with van der Waals surface area (Å²) >= 11 is 1.47. The Balaban J connectivity index is 2.37. The van der Waals surface area contributed by atoms with Gasteiger partial charge in [-0.2, -0.15) is 0 Å². The lowest BCUT2D eigenvalue weighted by molar-refractivity contribution is -0.118. The molecule has 0 fully saturated rings. The maximum Gasteiger partial charge on any atom is 0.272 e. The van der Waals surface area contributed by atoms with Crippen LogP contribution in [-0.4, -0.2) is 30.4 Å². The first kappa shape index (κ1) is 16.5. The summed E-state index contributed by atoms with van der Waals surface area (Å²) < 4.78 is 29.0. The molecule has 1 amide bonds. The zero-order valence-electron chi connectivity index (χ0n) is 11.0. The Morgan fingerprint density at radius 1 is 1.50 bits per heavy atom. The number of carbonyl (C=O) groups is 1. The predicted molar refractivity (Wildman–Crippen MR) is 77.3 cm³/mol. The standard InChI is InChI=1S/C14H17F2NO2S/c1-2-6-20-10-14(18)17-8-11-4-3-5-12(7-11)19-9-13(15)16/h2-5,7,13H,1,6,8-10H2,(H,17,18). The van der Waals surface area contributed by atoms with Crippen molar-refractivity contribution in [2.24, 2.45) is 0 Å². The van der Waals surface area contributed by atoms with Crippen molar-refractivity contribution in [1.82, 2.24) is 5.32 Å². The molecule has 0 aliphatic heterocycles. The van der Waals surface area contributed by atoms with E-state index < -0.39 is 13.0 Å². The van der Waals surface area contributed by atoms with E-state index in [1.807, 2.05) is 0 Å². The first-order valence-electron chi connectivity index (χ1n) is 6.07. The van der Waals surface area contributed by atoms with Crippen molar-refractivity contribution in [3.05, 3.63) is 42.5 Å². The molecular weight excluding hydrogens is 284 g/mol. The van der Waals surface area contributed by atoms with Crippen LogP contribution in [0.15, 0.2) is 36.9 Å². The van der Waals surface area contributed by atoms with E-state index in [2.05, 4.69) is 11.9 Å². The number of nitrogens with one attached hydrogen (secondary N) is 1. The predicted octanol–water partition coefficient (Wildman–Crippen LogP) is 2.87. The second kappa shape index (κ2) is 9.36. The second-order valence-corrected chi connectivity index (χ2v) is 4.96. The lowest BCUT2D eigenvalue weighted by Gasteiger charge is -2.08. The van der Waals surface area contributed by atoms with Crippen LogP contribution < -0.4 is 10.1 Å². The van der Waals surface area contributed by atoms with Gasteiger partial charge in [0.2, 0.25) is 5.91 Å². The van der Waals surface area contributed by atoms with Crippen molar-refractivity contribution >= 4 is 17.7 Å². The number of rotatable bonds is 9. The average molecular weight is 301 g/mol. The molecule has 6 heteroatoms. The summed E-state index contributed by atoms with van der Waals surface area (Å²) in [6.45, 7) is 3.29. The molecule has 0 bridgehead atoms. The number of hydrogen-bond donors (Lipinski definition) is 1. The van der Waals surface area contributed by atoms with Gasteiger partial charge in [-0.05, 0) is 17.7 Å². The average Bonchev–Trinajstić information content (AvgIpc) is 2.44. The SMILES string of the molecule is C=CCSCC(=O)NCc1cccc(OCC(F)F)c1. The summed E-state index contributed by atoms with van der Waals surface area (Å²) in [5.41, 5.74) is 0.804. The number of amides is 1. The summed E-state index contributed by atoms with van der Waals surface area (Å²) in [7, 11) is 0. The summed E-state index contributed by atoms with van der Waals surface area (Å²) in [6, 6.07) is 6.74. The minimum absolute atomic E-state index is 0.0734. The Kier molecular flexibility index (Phi) is 7.72. The van der Waals surface area contributed by atoms with E-state index in [-0.39, 0.29) is 5.91 Å². The molecule has 20 heavy (non-hydrogen) atoms. The van der Waals surface area contributed by atoms with Crippen molar-refractivity contribution in [3.63, 3.8) is 0 Å². The molecule has 0 aliphatic carbocycles. The zero-order valence-corrected chi connectivity index (χ0v) is 11.8. The Morgan fingerprint density at radius 2 is 2.30 bits per heavy atom. The highest BCUT2D eigenvalue weighted by atomic mass is 32.2. The van der Waals surface area contributed by atoms with Crippen molar-refractivity contribution < 1.29 is 18.3 Å². The fourth-order valence-electron chi connectivity index (χ4n) is 1.39. The molecule has 110 valence electrons. The Hall–Kier alpha value is -1.56. The van der Waals surface area contributed by atoms with Gasteiger partial charge < -0.3 is 10.1 Å². The zero-order chi connectivity index (χ0) is 14.8. The maximum absolute atomic E-state index is 12.0. The third-order valence-electron chi connectivity index (χ3n) is 2.23. The first-order chi connectivity index (χ1) is 9.61. The summed E-state index contributed by atoms with van der Waals surface area (Å²) in [4.78, 5) is 11.5. The Bertz CT molecular complexity index is 441. The molecule has 0 aromatic heterocycles. The van der Waals surface area contributed by atoms with Crippen LogP contribution in [0.3, 0.4) is 0 Å². The van der Waals surface area contributed by atoms with Gasteiger partial charge in [-0.25, -0.2) is 8.78 Å². The van der Waals surface area contributed by atoms with Crippen molar-refractivity contribution in [3.8, 4) is 5.75 Å². The normalized spacial score (nSPS) is 10.3. The monoisotopic (exact) mass is 301 g/mol. The van der Waals surface area contributed by atoms with Gasteiger partial charge in [0.25, 0.3) is 6.43 Å². The van der Waals surface area contributed by atoms with Crippen LogP contribution in [0, 0.1) is 0 Å². The van der Waals surface area contributed by atoms with Gasteiger partial charge in [0.1, 0.15) is 12.4 Å². The molecule has 0 atom stereocenters. The highest BCUT2D eigenvalue weighted by Gasteiger charge is 2.05. The Morgan fingerprint density at radius 3 is 3.00 bits per heavy atom. The number of carbonyl (C=O) groups excluding carboxylic acids is 1. The number of ether oxygens (including phenoxy) is 1. The molecule has 0 saturated heterocycles. The Labute approximate surface area is 121 Å². The molecule has 0 heterocycles. The van der Waals surface area contributed by atoms with E-state index in [4.69, 9.17) is 4.74 Å². The lowest BCUT2D eigenvalue weighted by atomic mass is 10.2. The quantitative estimate of drug-likeness (QED) is 0.563. The number of hydrogen-bond acceptors (Lipinski definition) is 3. The number of halogens is 2. The van der Waals surface area contributed by atoms with Crippen LogP contribution in [0.1, 0.15) is 5.56 Å². The summed E-state index contributed by atoms with van der Waals surface area (Å²) in [5.74, 6) is 1.40. The van der Waals surface area contributed by atoms with Gasteiger partial charge in [-0.3, -0.25) is 4.79 Å². The first-order valence-corrected chi connectivity index (χ1v) is 7.22. The maximum atomic E-state index is 12.0. The van der Waals surface area contributed by atoms with Crippen LogP contribution in [-0.2, 0) is 11.3 Å². The molecule has 0 aliphatic rings. The molecule has 1 aromatic carbocycles. The smallest absolute Gasteiger partial charge is 0.272 e. The fourth-order valence-corrected chi connectivity index (χ4v) is 1.96. The van der Waals surface area contributed by atoms with Crippen LogP contribution in [0.5, 0.6) is 5.75 Å². The fraction of sp³-hybridized carbons (Fsp3) is 0.357. The van der Waals surface area contributed by atoms with E-state index >= 15 is 0 Å². The topological polar surface area (TPSA) is 38.3 Å². The van der Waals surface area contributed by atoms with Gasteiger partial charge in [0.15, 0.2) is 0 Å². The lowest BCUT2D eigenvalue weighted by Crippen LogP contribution is -2.24. The summed E-state index contributed by atoms with van der Waals surface area (Å²) in [5, 5.41) is 2.75. The van der Waals surface area contributed by atoms with Crippen LogP contribution in [0.2, 0.25) is 0 Å². The van der Waals surface area contributed by atoms with Crippen LogP contribution in [0.4, 0.5) is 8.78 Å². The van der Waals surface area contributed by atoms with E-state index in [0.29, 0.717) is 18.0 Å². The van der Waals surface area contributed by atoms with Crippen LogP contribution in [0.25, 0.3) is 0 Å². The van der Waals surface area contributed by atoms with Crippen LogP contribution >= 0.6 is 11.8 Å². The minimum atomic E-state index is -2.50. The highest BCUT2D eigenvalue weighted by molar-refractivity contribution is 8.00. The van der Waals surface area contributed by atoms with Gasteiger partial charge in [0, 0.05) is 12.3 Å². The largest absolute Gasteiger partial charge is 0.488 e. The van der Waals surface area contributed by atoms with Crippen molar-refractivity contribution in [1.29, 1.82) is 0 Å². The molecule has 0 unspecified atom stereocenters. The van der Waals surface area contributed by atoms with Gasteiger partial charge >= 0.3 is 0 Å². The number of alkyl halides is 2. The number of thioether (sulfide) groups is 1. The number of benzene rings is 1. The molecule has 0 radical (unpaired) electrons. The highest BCUT2D eigenvalue weighted by Crippen LogP contribution is 2.14.